The zero-order valence-electron chi connectivity index (χ0n) is 15.6. The lowest BCUT2D eigenvalue weighted by atomic mass is 10.2. The highest BCUT2D eigenvalue weighted by Crippen LogP contribution is 2.34. The van der Waals surface area contributed by atoms with Gasteiger partial charge in [-0.1, -0.05) is 77.2 Å². The van der Waals surface area contributed by atoms with Gasteiger partial charge in [-0.05, 0) is 36.3 Å². The van der Waals surface area contributed by atoms with Gasteiger partial charge in [0.1, 0.15) is 4.32 Å². The summed E-state index contributed by atoms with van der Waals surface area (Å²) in [7, 11) is 0. The van der Waals surface area contributed by atoms with E-state index in [0.717, 1.165) is 15.8 Å². The first kappa shape index (κ1) is 21.0. The summed E-state index contributed by atoms with van der Waals surface area (Å²) >= 11 is 14.2. The number of anilines is 1. The predicted molar refractivity (Wildman–Crippen MR) is 129 cm³/mol. The highest BCUT2D eigenvalue weighted by molar-refractivity contribution is 8.26. The molecule has 2 aromatic carbocycles. The number of rotatable bonds is 6. The van der Waals surface area contributed by atoms with Gasteiger partial charge in [0.25, 0.3) is 5.91 Å². The maximum atomic E-state index is 12.7. The molecule has 1 aliphatic heterocycles. The molecule has 0 radical (unpaired) electrons. The second-order valence-corrected chi connectivity index (χ2v) is 9.61. The lowest BCUT2D eigenvalue weighted by Crippen LogP contribution is -2.29. The zero-order chi connectivity index (χ0) is 21.1. The fraction of sp³-hybridized carbons (Fsp3) is 0.143. The van der Waals surface area contributed by atoms with E-state index in [1.54, 1.807) is 12.1 Å². The van der Waals surface area contributed by atoms with Gasteiger partial charge in [-0.3, -0.25) is 14.5 Å². The minimum absolute atomic E-state index is 0.133. The third kappa shape index (κ3) is 4.73. The largest absolute Gasteiger partial charge is 0.302 e. The Morgan fingerprint density at radius 1 is 1.20 bits per heavy atom. The number of benzene rings is 2. The number of amides is 2. The molecular formula is C21H16ClN3O2S3. The summed E-state index contributed by atoms with van der Waals surface area (Å²) in [5, 5.41) is 3.98. The van der Waals surface area contributed by atoms with Crippen LogP contribution in [0.4, 0.5) is 5.13 Å². The van der Waals surface area contributed by atoms with Crippen LogP contribution < -0.4 is 5.32 Å². The SMILES string of the molecule is O=C(CCCN1C(=O)/C(=C\c2ccccc2Cl)SC1=S)Nc1nc2ccccc2s1. The summed E-state index contributed by atoms with van der Waals surface area (Å²) in [6.07, 6.45) is 2.53. The Morgan fingerprint density at radius 3 is 2.77 bits per heavy atom. The van der Waals surface area contributed by atoms with Crippen LogP contribution in [-0.2, 0) is 9.59 Å². The minimum Gasteiger partial charge on any atom is -0.302 e. The second-order valence-electron chi connectivity index (χ2n) is 6.49. The molecule has 4 rings (SSSR count). The number of fused-ring (bicyclic) bond motifs is 1. The van der Waals surface area contributed by atoms with Gasteiger partial charge in [-0.15, -0.1) is 0 Å². The van der Waals surface area contributed by atoms with Gasteiger partial charge < -0.3 is 5.32 Å². The van der Waals surface area contributed by atoms with E-state index < -0.39 is 0 Å². The number of para-hydroxylation sites is 1. The number of thioether (sulfide) groups is 1. The number of thiocarbonyl (C=S) groups is 1. The molecule has 0 atom stereocenters. The van der Waals surface area contributed by atoms with E-state index in [9.17, 15) is 9.59 Å². The van der Waals surface area contributed by atoms with Crippen molar-refractivity contribution < 1.29 is 9.59 Å². The van der Waals surface area contributed by atoms with Gasteiger partial charge >= 0.3 is 0 Å². The van der Waals surface area contributed by atoms with E-state index in [2.05, 4.69) is 10.3 Å². The number of aromatic nitrogens is 1. The van der Waals surface area contributed by atoms with Crippen molar-refractivity contribution in [1.29, 1.82) is 0 Å². The van der Waals surface area contributed by atoms with Gasteiger partial charge in [0.05, 0.1) is 15.1 Å². The number of nitrogens with one attached hydrogen (secondary N) is 1. The highest BCUT2D eigenvalue weighted by atomic mass is 35.5. The number of carbonyl (C=O) groups is 2. The second kappa shape index (κ2) is 9.26. The first-order chi connectivity index (χ1) is 14.5. The van der Waals surface area contributed by atoms with Gasteiger partial charge in [0.2, 0.25) is 5.91 Å². The van der Waals surface area contributed by atoms with Crippen molar-refractivity contribution in [1.82, 2.24) is 9.88 Å². The van der Waals surface area contributed by atoms with E-state index in [1.807, 2.05) is 42.5 Å². The topological polar surface area (TPSA) is 62.3 Å². The summed E-state index contributed by atoms with van der Waals surface area (Å²) in [5.74, 6) is -0.289. The molecule has 1 fully saturated rings. The Balaban J connectivity index is 1.32. The summed E-state index contributed by atoms with van der Waals surface area (Å²) in [4.78, 5) is 31.4. The smallest absolute Gasteiger partial charge is 0.266 e. The summed E-state index contributed by atoms with van der Waals surface area (Å²) < 4.78 is 1.51. The quantitative estimate of drug-likeness (QED) is 0.374. The summed E-state index contributed by atoms with van der Waals surface area (Å²) in [6, 6.07) is 15.1. The molecular weight excluding hydrogens is 458 g/mol. The zero-order valence-corrected chi connectivity index (χ0v) is 18.8. The molecule has 0 unspecified atom stereocenters. The first-order valence-corrected chi connectivity index (χ1v) is 11.6. The van der Waals surface area contributed by atoms with Crippen LogP contribution in [-0.4, -0.2) is 32.6 Å². The first-order valence-electron chi connectivity index (χ1n) is 9.16. The van der Waals surface area contributed by atoms with Gasteiger partial charge in [-0.25, -0.2) is 4.98 Å². The van der Waals surface area contributed by atoms with Crippen molar-refractivity contribution in [2.24, 2.45) is 0 Å². The van der Waals surface area contributed by atoms with Crippen molar-refractivity contribution >= 4 is 84.5 Å². The Labute approximate surface area is 192 Å². The fourth-order valence-corrected chi connectivity index (χ4v) is 5.30. The van der Waals surface area contributed by atoms with Crippen molar-refractivity contribution in [2.45, 2.75) is 12.8 Å². The van der Waals surface area contributed by atoms with Crippen LogP contribution >= 0.6 is 46.9 Å². The molecule has 1 N–H and O–H groups in total. The van der Waals surface area contributed by atoms with Crippen LogP contribution in [0.15, 0.2) is 53.4 Å². The van der Waals surface area contributed by atoms with Crippen LogP contribution in [0.3, 0.4) is 0 Å². The van der Waals surface area contributed by atoms with E-state index in [1.165, 1.54) is 28.0 Å². The van der Waals surface area contributed by atoms with Crippen LogP contribution in [0.5, 0.6) is 0 Å². The number of thiazole rings is 1. The lowest BCUT2D eigenvalue weighted by Gasteiger charge is -2.13. The van der Waals surface area contributed by atoms with Crippen molar-refractivity contribution in [3.8, 4) is 0 Å². The molecule has 2 heterocycles. The van der Waals surface area contributed by atoms with Crippen LogP contribution in [0, 0.1) is 0 Å². The Morgan fingerprint density at radius 2 is 1.97 bits per heavy atom. The summed E-state index contributed by atoms with van der Waals surface area (Å²) in [5.41, 5.74) is 1.63. The maximum Gasteiger partial charge on any atom is 0.266 e. The molecule has 0 bridgehead atoms. The third-order valence-corrected chi connectivity index (χ3v) is 7.07. The minimum atomic E-state index is -0.156. The Bertz CT molecular complexity index is 1140. The number of hydrogen-bond donors (Lipinski definition) is 1. The monoisotopic (exact) mass is 473 g/mol. The molecule has 1 aliphatic rings. The normalized spacial score (nSPS) is 15.4. The van der Waals surface area contributed by atoms with Crippen molar-refractivity contribution in [3.05, 3.63) is 64.0 Å². The average molecular weight is 474 g/mol. The van der Waals surface area contributed by atoms with Crippen LogP contribution in [0.25, 0.3) is 16.3 Å². The molecule has 30 heavy (non-hydrogen) atoms. The standard InChI is InChI=1S/C21H16ClN3O2S3/c22-14-7-2-1-6-13(14)12-17-19(27)25(21(28)30-17)11-5-10-18(26)24-20-23-15-8-3-4-9-16(15)29-20/h1-4,6-9,12H,5,10-11H2,(H,23,24,26)/b17-12+. The highest BCUT2D eigenvalue weighted by Gasteiger charge is 2.31. The van der Waals surface area contributed by atoms with E-state index in [4.69, 9.17) is 23.8 Å². The molecule has 3 aromatic rings. The molecule has 0 aliphatic carbocycles. The van der Waals surface area contributed by atoms with Gasteiger partial charge in [0, 0.05) is 18.0 Å². The van der Waals surface area contributed by atoms with Crippen molar-refractivity contribution in [2.75, 3.05) is 11.9 Å². The molecule has 0 saturated carbocycles. The number of halogens is 1. The molecule has 5 nitrogen and oxygen atoms in total. The lowest BCUT2D eigenvalue weighted by molar-refractivity contribution is -0.122. The maximum absolute atomic E-state index is 12.7. The number of hydrogen-bond acceptors (Lipinski definition) is 6. The fourth-order valence-electron chi connectivity index (χ4n) is 2.93. The van der Waals surface area contributed by atoms with E-state index in [-0.39, 0.29) is 18.2 Å². The molecule has 1 aromatic heterocycles. The molecule has 152 valence electrons. The predicted octanol–water partition coefficient (Wildman–Crippen LogP) is 5.57. The molecule has 1 saturated heterocycles. The van der Waals surface area contributed by atoms with Crippen LogP contribution in [0.2, 0.25) is 5.02 Å². The van der Waals surface area contributed by atoms with Gasteiger partial charge in [0.15, 0.2) is 5.13 Å². The number of nitrogens with zero attached hydrogens (tertiary/aromatic N) is 2. The third-order valence-electron chi connectivity index (χ3n) is 4.39. The van der Waals surface area contributed by atoms with Crippen LogP contribution in [0.1, 0.15) is 18.4 Å². The Hall–Kier alpha value is -2.26. The molecule has 9 heteroatoms. The van der Waals surface area contributed by atoms with E-state index >= 15 is 0 Å². The average Bonchev–Trinajstić information content (AvgIpc) is 3.24. The van der Waals surface area contributed by atoms with Gasteiger partial charge in [-0.2, -0.15) is 0 Å². The Kier molecular flexibility index (Phi) is 6.48. The number of carbonyl (C=O) groups excluding carboxylic acids is 2. The molecule has 0 spiro atoms. The van der Waals surface area contributed by atoms with E-state index in [0.29, 0.717) is 32.3 Å². The molecule has 2 amide bonds. The summed E-state index contributed by atoms with van der Waals surface area (Å²) in [6.45, 7) is 0.387. The van der Waals surface area contributed by atoms with Crippen molar-refractivity contribution in [3.63, 3.8) is 0 Å².